The maximum atomic E-state index is 11.8. The fourth-order valence-electron chi connectivity index (χ4n) is 3.93. The van der Waals surface area contributed by atoms with Crippen LogP contribution in [0.1, 0.15) is 39.9 Å². The van der Waals surface area contributed by atoms with E-state index in [4.69, 9.17) is 5.73 Å². The van der Waals surface area contributed by atoms with E-state index in [2.05, 4.69) is 17.5 Å². The van der Waals surface area contributed by atoms with Crippen LogP contribution in [0.15, 0.2) is 48.6 Å². The van der Waals surface area contributed by atoms with Crippen LogP contribution in [0.4, 0.5) is 5.69 Å². The van der Waals surface area contributed by atoms with Crippen molar-refractivity contribution in [1.82, 2.24) is 0 Å². The molecule has 5 N–H and O–H groups in total. The summed E-state index contributed by atoms with van der Waals surface area (Å²) in [5, 5.41) is 23.2. The van der Waals surface area contributed by atoms with Crippen molar-refractivity contribution in [3.05, 3.63) is 65.2 Å². The van der Waals surface area contributed by atoms with E-state index in [9.17, 15) is 15.0 Å². The molecular weight excluding hydrogens is 304 g/mol. The molecule has 0 saturated carbocycles. The molecule has 2 aromatic carbocycles. The number of carbonyl (C=O) groups excluding carboxylic acids is 1. The second-order valence-corrected chi connectivity index (χ2v) is 6.35. The van der Waals surface area contributed by atoms with Gasteiger partial charge in [0.2, 0.25) is 0 Å². The zero-order valence-electron chi connectivity index (χ0n) is 12.9. The first-order valence-electron chi connectivity index (χ1n) is 7.94. The number of nitrogens with two attached hydrogens (primary N) is 1. The van der Waals surface area contributed by atoms with E-state index in [0.717, 1.165) is 17.7 Å². The Bertz CT molecular complexity index is 860. The van der Waals surface area contributed by atoms with Gasteiger partial charge < -0.3 is 21.3 Å². The molecule has 4 rings (SSSR count). The van der Waals surface area contributed by atoms with E-state index >= 15 is 0 Å². The number of para-hydroxylation sites is 1. The first-order valence-corrected chi connectivity index (χ1v) is 7.94. The summed E-state index contributed by atoms with van der Waals surface area (Å²) in [4.78, 5) is 11.8. The summed E-state index contributed by atoms with van der Waals surface area (Å²) >= 11 is 0. The highest BCUT2D eigenvalue weighted by Crippen LogP contribution is 2.51. The third-order valence-corrected chi connectivity index (χ3v) is 5.01. The van der Waals surface area contributed by atoms with Gasteiger partial charge in [0.15, 0.2) is 0 Å². The highest BCUT2D eigenvalue weighted by atomic mass is 16.3. The number of fused-ring (bicyclic) bond motifs is 3. The number of phenolic OH excluding ortho intramolecular Hbond substituents is 2. The number of anilines is 1. The summed E-state index contributed by atoms with van der Waals surface area (Å²) in [6.07, 6.45) is 5.16. The number of hydrogen-bond acceptors (Lipinski definition) is 4. The van der Waals surface area contributed by atoms with Gasteiger partial charge >= 0.3 is 0 Å². The number of benzene rings is 2. The highest BCUT2D eigenvalue weighted by Gasteiger charge is 2.39. The van der Waals surface area contributed by atoms with E-state index in [1.54, 1.807) is 18.2 Å². The summed E-state index contributed by atoms with van der Waals surface area (Å²) in [7, 11) is 0. The van der Waals surface area contributed by atoms with Gasteiger partial charge in [0.25, 0.3) is 5.91 Å². The van der Waals surface area contributed by atoms with Crippen molar-refractivity contribution in [3.63, 3.8) is 0 Å². The normalized spacial score (nSPS) is 24.1. The first-order chi connectivity index (χ1) is 11.6. The predicted octanol–water partition coefficient (Wildman–Crippen LogP) is 3.02. The first kappa shape index (κ1) is 14.6. The van der Waals surface area contributed by atoms with Gasteiger partial charge in [-0.25, -0.2) is 0 Å². The van der Waals surface area contributed by atoms with Gasteiger partial charge in [-0.15, -0.1) is 0 Å². The van der Waals surface area contributed by atoms with Gasteiger partial charge in [0.1, 0.15) is 11.5 Å². The Balaban J connectivity index is 1.86. The van der Waals surface area contributed by atoms with Gasteiger partial charge in [-0.3, -0.25) is 4.79 Å². The van der Waals surface area contributed by atoms with Gasteiger partial charge in [-0.1, -0.05) is 24.3 Å². The number of amides is 1. The van der Waals surface area contributed by atoms with E-state index in [-0.39, 0.29) is 29.4 Å². The van der Waals surface area contributed by atoms with Crippen LogP contribution in [0.25, 0.3) is 0 Å². The van der Waals surface area contributed by atoms with E-state index in [0.29, 0.717) is 11.1 Å². The Labute approximate surface area is 139 Å². The Hall–Kier alpha value is -2.95. The van der Waals surface area contributed by atoms with Crippen LogP contribution in [0.2, 0.25) is 0 Å². The molecule has 1 aliphatic heterocycles. The molecule has 3 unspecified atom stereocenters. The molecule has 0 fully saturated rings. The number of primary amides is 1. The summed E-state index contributed by atoms with van der Waals surface area (Å²) < 4.78 is 0. The number of rotatable bonds is 2. The molecule has 0 bridgehead atoms. The minimum atomic E-state index is -0.478. The molecule has 1 heterocycles. The molecule has 0 aromatic heterocycles. The number of hydrogen-bond donors (Lipinski definition) is 4. The maximum absolute atomic E-state index is 11.8. The Morgan fingerprint density at radius 3 is 2.75 bits per heavy atom. The van der Waals surface area contributed by atoms with Crippen LogP contribution in [0.3, 0.4) is 0 Å². The molecule has 3 atom stereocenters. The van der Waals surface area contributed by atoms with Crippen LogP contribution in [0.5, 0.6) is 11.5 Å². The lowest BCUT2D eigenvalue weighted by Gasteiger charge is -2.38. The molecule has 0 saturated heterocycles. The van der Waals surface area contributed by atoms with Gasteiger partial charge in [-0.05, 0) is 36.1 Å². The molecule has 0 spiro atoms. The van der Waals surface area contributed by atoms with Crippen molar-refractivity contribution in [1.29, 1.82) is 0 Å². The number of phenols is 2. The molecule has 122 valence electrons. The molecule has 2 aromatic rings. The van der Waals surface area contributed by atoms with Gasteiger partial charge in [0, 0.05) is 17.5 Å². The smallest absolute Gasteiger partial charge is 0.250 e. The average molecular weight is 322 g/mol. The molecule has 0 radical (unpaired) electrons. The average Bonchev–Trinajstić information content (AvgIpc) is 3.03. The third kappa shape index (κ3) is 2.12. The standard InChI is InChI=1S/C19H18N2O3/c20-19(24)15-6-2-5-13-11-3-1-4-12(11)17(21-18(13)15)14-8-7-10(22)9-16(14)23/h1-3,5-9,11-12,17,21-23H,4H2,(H2,20,24). The van der Waals surface area contributed by atoms with Crippen LogP contribution in [-0.4, -0.2) is 16.1 Å². The predicted molar refractivity (Wildman–Crippen MR) is 91.1 cm³/mol. The molecular formula is C19H18N2O3. The lowest BCUT2D eigenvalue weighted by molar-refractivity contribution is 0.100. The van der Waals surface area contributed by atoms with Crippen LogP contribution >= 0.6 is 0 Å². The van der Waals surface area contributed by atoms with Crippen LogP contribution < -0.4 is 11.1 Å². The van der Waals surface area contributed by atoms with Crippen molar-refractivity contribution in [3.8, 4) is 11.5 Å². The quantitative estimate of drug-likeness (QED) is 0.639. The van der Waals surface area contributed by atoms with Crippen molar-refractivity contribution in [2.45, 2.75) is 18.4 Å². The topological polar surface area (TPSA) is 95.6 Å². The largest absolute Gasteiger partial charge is 0.508 e. The van der Waals surface area contributed by atoms with Gasteiger partial charge in [-0.2, -0.15) is 0 Å². The second kappa shape index (κ2) is 5.30. The number of carbonyl (C=O) groups is 1. The minimum absolute atomic E-state index is 0.0198. The molecule has 5 heteroatoms. The molecule has 2 aliphatic rings. The molecule has 5 nitrogen and oxygen atoms in total. The summed E-state index contributed by atoms with van der Waals surface area (Å²) in [5.74, 6) is -0.0205. The minimum Gasteiger partial charge on any atom is -0.508 e. The molecule has 24 heavy (non-hydrogen) atoms. The zero-order chi connectivity index (χ0) is 16.8. The summed E-state index contributed by atoms with van der Waals surface area (Å²) in [6.45, 7) is 0. The Morgan fingerprint density at radius 1 is 1.17 bits per heavy atom. The van der Waals surface area contributed by atoms with Crippen LogP contribution in [0, 0.1) is 5.92 Å². The second-order valence-electron chi connectivity index (χ2n) is 6.35. The number of allylic oxidation sites excluding steroid dienone is 2. The highest BCUT2D eigenvalue weighted by molar-refractivity contribution is 5.99. The van der Waals surface area contributed by atoms with Crippen molar-refractivity contribution < 1.29 is 15.0 Å². The SMILES string of the molecule is NC(=O)c1cccc2c1NC(c1ccc(O)cc1O)C1CC=CC21. The third-order valence-electron chi connectivity index (χ3n) is 5.01. The summed E-state index contributed by atoms with van der Waals surface area (Å²) in [6, 6.07) is 10.0. The van der Waals surface area contributed by atoms with Crippen molar-refractivity contribution in [2.75, 3.05) is 5.32 Å². The maximum Gasteiger partial charge on any atom is 0.250 e. The Kier molecular flexibility index (Phi) is 3.23. The summed E-state index contributed by atoms with van der Waals surface area (Å²) in [5.41, 5.74) is 8.47. The lowest BCUT2D eigenvalue weighted by atomic mass is 9.76. The van der Waals surface area contributed by atoms with Crippen molar-refractivity contribution in [2.24, 2.45) is 11.7 Å². The fraction of sp³-hybridized carbons (Fsp3) is 0.211. The zero-order valence-corrected chi connectivity index (χ0v) is 12.9. The van der Waals surface area contributed by atoms with E-state index < -0.39 is 5.91 Å². The number of nitrogens with one attached hydrogen (secondary N) is 1. The van der Waals surface area contributed by atoms with Gasteiger partial charge in [0.05, 0.1) is 17.3 Å². The lowest BCUT2D eigenvalue weighted by Crippen LogP contribution is -2.31. The van der Waals surface area contributed by atoms with E-state index in [1.165, 1.54) is 6.07 Å². The van der Waals surface area contributed by atoms with E-state index in [1.807, 2.05) is 12.1 Å². The number of aromatic hydroxyl groups is 2. The van der Waals surface area contributed by atoms with Crippen molar-refractivity contribution >= 4 is 11.6 Å². The monoisotopic (exact) mass is 322 g/mol. The molecule has 1 amide bonds. The molecule has 1 aliphatic carbocycles. The Morgan fingerprint density at radius 2 is 2.00 bits per heavy atom. The fourth-order valence-corrected chi connectivity index (χ4v) is 3.93. The van der Waals surface area contributed by atoms with Crippen LogP contribution in [-0.2, 0) is 0 Å².